The van der Waals surface area contributed by atoms with Crippen molar-refractivity contribution in [2.75, 3.05) is 11.2 Å². The number of carbonyl (C=O) groups excluding carboxylic acids is 1. The van der Waals surface area contributed by atoms with Gasteiger partial charge in [0.15, 0.2) is 0 Å². The van der Waals surface area contributed by atoms with Crippen LogP contribution in [0.2, 0.25) is 0 Å². The molecule has 0 unspecified atom stereocenters. The number of hydrogen-bond donors (Lipinski definition) is 1. The van der Waals surface area contributed by atoms with E-state index in [1.165, 1.54) is 12.1 Å². The summed E-state index contributed by atoms with van der Waals surface area (Å²) in [5, 5.41) is 13.6. The van der Waals surface area contributed by atoms with E-state index in [-0.39, 0.29) is 17.6 Å². The summed E-state index contributed by atoms with van der Waals surface area (Å²) in [4.78, 5) is 15.6. The summed E-state index contributed by atoms with van der Waals surface area (Å²) in [6.45, 7) is 4.00. The highest BCUT2D eigenvalue weighted by Gasteiger charge is 2.21. The lowest BCUT2D eigenvalue weighted by Crippen LogP contribution is -2.33. The second kappa shape index (κ2) is 8.30. The Morgan fingerprint density at radius 3 is 2.56 bits per heavy atom. The fraction of sp³-hybridized carbons (Fsp3) is 0.263. The Morgan fingerprint density at radius 1 is 1.22 bits per heavy atom. The van der Waals surface area contributed by atoms with Crippen molar-refractivity contribution in [2.24, 2.45) is 5.92 Å². The van der Waals surface area contributed by atoms with Crippen LogP contribution in [0.15, 0.2) is 47.4 Å². The van der Waals surface area contributed by atoms with Crippen molar-refractivity contribution in [2.45, 2.75) is 25.3 Å². The fourth-order valence-electron chi connectivity index (χ4n) is 2.66. The molecule has 1 aromatic heterocycles. The van der Waals surface area contributed by atoms with Crippen molar-refractivity contribution in [3.05, 3.63) is 53.8 Å². The van der Waals surface area contributed by atoms with Crippen LogP contribution in [0.25, 0.3) is 11.4 Å². The van der Waals surface area contributed by atoms with Crippen molar-refractivity contribution in [1.82, 2.24) is 20.6 Å². The van der Waals surface area contributed by atoms with Crippen LogP contribution in [0.5, 0.6) is 0 Å². The minimum absolute atomic E-state index is 0.0893. The van der Waals surface area contributed by atoms with Gasteiger partial charge in [0.2, 0.25) is 11.7 Å². The standard InChI is InChI=1S/C19H20FN5OS/c1-12(2)19(26)25(11-13-4-6-17(27-3)7-5-13)16-9-14(8-15(20)10-16)18-21-23-24-22-18/h4-10,12H,11H2,1-3H3,(H,21,22,23,24). The number of nitrogens with one attached hydrogen (secondary N) is 1. The van der Waals surface area contributed by atoms with Crippen LogP contribution < -0.4 is 4.90 Å². The van der Waals surface area contributed by atoms with Crippen LogP contribution in [0.1, 0.15) is 19.4 Å². The molecular weight excluding hydrogens is 365 g/mol. The molecule has 2 aromatic carbocycles. The lowest BCUT2D eigenvalue weighted by atomic mass is 10.1. The van der Waals surface area contributed by atoms with E-state index in [0.29, 0.717) is 17.8 Å². The summed E-state index contributed by atoms with van der Waals surface area (Å²) in [6.07, 6.45) is 2.01. The number of hydrogen-bond acceptors (Lipinski definition) is 5. The molecule has 0 bridgehead atoms. The quantitative estimate of drug-likeness (QED) is 0.651. The number of aromatic nitrogens is 4. The lowest BCUT2D eigenvalue weighted by molar-refractivity contribution is -0.121. The van der Waals surface area contributed by atoms with Crippen LogP contribution in [0.3, 0.4) is 0 Å². The van der Waals surface area contributed by atoms with E-state index in [4.69, 9.17) is 0 Å². The van der Waals surface area contributed by atoms with Crippen molar-refractivity contribution >= 4 is 23.4 Å². The Hall–Kier alpha value is -2.74. The molecule has 1 amide bonds. The zero-order chi connectivity index (χ0) is 19.4. The highest BCUT2D eigenvalue weighted by Crippen LogP contribution is 2.27. The van der Waals surface area contributed by atoms with Gasteiger partial charge in [-0.3, -0.25) is 4.79 Å². The average molecular weight is 385 g/mol. The van der Waals surface area contributed by atoms with Crippen molar-refractivity contribution in [1.29, 1.82) is 0 Å². The minimum Gasteiger partial charge on any atom is -0.308 e. The molecule has 0 radical (unpaired) electrons. The number of aromatic amines is 1. The van der Waals surface area contributed by atoms with E-state index < -0.39 is 5.82 Å². The van der Waals surface area contributed by atoms with E-state index in [2.05, 4.69) is 20.6 Å². The molecule has 0 spiro atoms. The zero-order valence-electron chi connectivity index (χ0n) is 15.3. The van der Waals surface area contributed by atoms with Gasteiger partial charge in [0.1, 0.15) is 5.82 Å². The van der Waals surface area contributed by atoms with Gasteiger partial charge in [-0.25, -0.2) is 4.39 Å². The number of amides is 1. The van der Waals surface area contributed by atoms with Crippen LogP contribution >= 0.6 is 11.8 Å². The number of rotatable bonds is 6. The van der Waals surface area contributed by atoms with E-state index in [1.54, 1.807) is 22.7 Å². The molecule has 0 aliphatic carbocycles. The molecule has 0 fully saturated rings. The molecule has 0 saturated heterocycles. The van der Waals surface area contributed by atoms with Gasteiger partial charge in [0.05, 0.1) is 6.54 Å². The average Bonchev–Trinajstić information content (AvgIpc) is 3.20. The first-order chi connectivity index (χ1) is 13.0. The third-order valence-electron chi connectivity index (χ3n) is 4.06. The van der Waals surface area contributed by atoms with Crippen molar-refractivity contribution in [3.8, 4) is 11.4 Å². The first kappa shape index (κ1) is 19.0. The Bertz CT molecular complexity index is 912. The lowest BCUT2D eigenvalue weighted by Gasteiger charge is -2.25. The van der Waals surface area contributed by atoms with Gasteiger partial charge in [-0.2, -0.15) is 5.21 Å². The molecule has 0 saturated carbocycles. The molecule has 0 atom stereocenters. The maximum atomic E-state index is 14.3. The monoisotopic (exact) mass is 385 g/mol. The Morgan fingerprint density at radius 2 is 1.96 bits per heavy atom. The Balaban J connectivity index is 1.98. The number of carbonyl (C=O) groups is 1. The van der Waals surface area contributed by atoms with Gasteiger partial charge < -0.3 is 4.90 Å². The first-order valence-electron chi connectivity index (χ1n) is 8.46. The summed E-state index contributed by atoms with van der Waals surface area (Å²) >= 11 is 1.65. The van der Waals surface area contributed by atoms with E-state index in [0.717, 1.165) is 10.5 Å². The highest BCUT2D eigenvalue weighted by atomic mass is 32.2. The fourth-order valence-corrected chi connectivity index (χ4v) is 3.07. The van der Waals surface area contributed by atoms with Gasteiger partial charge in [-0.05, 0) is 47.4 Å². The number of halogens is 1. The molecule has 1 heterocycles. The second-order valence-corrected chi connectivity index (χ2v) is 7.24. The highest BCUT2D eigenvalue weighted by molar-refractivity contribution is 7.98. The van der Waals surface area contributed by atoms with Crippen LogP contribution in [-0.2, 0) is 11.3 Å². The Kier molecular flexibility index (Phi) is 5.85. The van der Waals surface area contributed by atoms with Crippen LogP contribution in [-0.4, -0.2) is 32.8 Å². The molecular formula is C19H20FN5OS. The molecule has 3 rings (SSSR count). The molecule has 0 aliphatic rings. The molecule has 140 valence electrons. The normalized spacial score (nSPS) is 11.0. The second-order valence-electron chi connectivity index (χ2n) is 6.36. The Labute approximate surface area is 161 Å². The smallest absolute Gasteiger partial charge is 0.229 e. The van der Waals surface area contributed by atoms with Gasteiger partial charge in [0.25, 0.3) is 0 Å². The predicted molar refractivity (Wildman–Crippen MR) is 104 cm³/mol. The topological polar surface area (TPSA) is 74.8 Å². The summed E-state index contributed by atoms with van der Waals surface area (Å²) in [6, 6.07) is 12.3. The number of H-pyrrole nitrogens is 1. The third-order valence-corrected chi connectivity index (χ3v) is 4.80. The number of benzene rings is 2. The van der Waals surface area contributed by atoms with Crippen molar-refractivity contribution < 1.29 is 9.18 Å². The van der Waals surface area contributed by atoms with E-state index in [9.17, 15) is 9.18 Å². The minimum atomic E-state index is -0.466. The molecule has 1 N–H and O–H groups in total. The molecule has 3 aromatic rings. The summed E-state index contributed by atoms with van der Waals surface area (Å²) in [5.74, 6) is -0.510. The van der Waals surface area contributed by atoms with Crippen LogP contribution in [0, 0.1) is 11.7 Å². The van der Waals surface area contributed by atoms with Gasteiger partial charge in [-0.1, -0.05) is 26.0 Å². The largest absolute Gasteiger partial charge is 0.308 e. The molecule has 27 heavy (non-hydrogen) atoms. The number of tetrazole rings is 1. The number of anilines is 1. The maximum Gasteiger partial charge on any atom is 0.229 e. The van der Waals surface area contributed by atoms with E-state index >= 15 is 0 Å². The zero-order valence-corrected chi connectivity index (χ0v) is 16.1. The molecule has 8 heteroatoms. The van der Waals surface area contributed by atoms with E-state index in [1.807, 2.05) is 44.4 Å². The third kappa shape index (κ3) is 4.51. The van der Waals surface area contributed by atoms with Gasteiger partial charge in [-0.15, -0.1) is 22.0 Å². The SMILES string of the molecule is CSc1ccc(CN(C(=O)C(C)C)c2cc(F)cc(-c3nn[nH]n3)c2)cc1. The summed E-state index contributed by atoms with van der Waals surface area (Å²) in [7, 11) is 0. The number of nitrogens with zero attached hydrogens (tertiary/aromatic N) is 4. The summed E-state index contributed by atoms with van der Waals surface area (Å²) in [5.41, 5.74) is 1.88. The molecule has 0 aliphatic heterocycles. The number of thioether (sulfide) groups is 1. The van der Waals surface area contributed by atoms with Gasteiger partial charge >= 0.3 is 0 Å². The summed E-state index contributed by atoms with van der Waals surface area (Å²) < 4.78 is 14.3. The maximum absolute atomic E-state index is 14.3. The molecule has 6 nitrogen and oxygen atoms in total. The van der Waals surface area contributed by atoms with Gasteiger partial charge in [0, 0.05) is 22.1 Å². The first-order valence-corrected chi connectivity index (χ1v) is 9.69. The predicted octanol–water partition coefficient (Wildman–Crippen LogP) is 3.92. The van der Waals surface area contributed by atoms with Crippen molar-refractivity contribution in [3.63, 3.8) is 0 Å². The van der Waals surface area contributed by atoms with Crippen LogP contribution in [0.4, 0.5) is 10.1 Å².